The van der Waals surface area contributed by atoms with Gasteiger partial charge < -0.3 is 15.4 Å². The first kappa shape index (κ1) is 19.7. The van der Waals surface area contributed by atoms with E-state index >= 15 is 0 Å². The smallest absolute Gasteiger partial charge is 0.191 e. The summed E-state index contributed by atoms with van der Waals surface area (Å²) >= 11 is 0. The fourth-order valence-corrected chi connectivity index (χ4v) is 2.93. The fourth-order valence-electron chi connectivity index (χ4n) is 2.93. The summed E-state index contributed by atoms with van der Waals surface area (Å²) in [6.45, 7) is 16.0. The number of benzene rings is 1. The van der Waals surface area contributed by atoms with Crippen molar-refractivity contribution in [3.8, 4) is 0 Å². The Morgan fingerprint density at radius 2 is 2.00 bits per heavy atom. The zero-order valence-electron chi connectivity index (χ0n) is 16.3. The van der Waals surface area contributed by atoms with Gasteiger partial charge in [0.05, 0.1) is 19.8 Å². The van der Waals surface area contributed by atoms with Crippen LogP contribution in [0.4, 0.5) is 0 Å². The Hall–Kier alpha value is -1.59. The quantitative estimate of drug-likeness (QED) is 0.587. The predicted molar refractivity (Wildman–Crippen MR) is 105 cm³/mol. The average Bonchev–Trinajstić information content (AvgIpc) is 2.61. The lowest BCUT2D eigenvalue weighted by atomic mass is 9.84. The Balaban J connectivity index is 1.89. The maximum atomic E-state index is 5.39. The number of ether oxygens (including phenoxy) is 1. The number of morpholine rings is 1. The van der Waals surface area contributed by atoms with Gasteiger partial charge in [0.1, 0.15) is 0 Å². The van der Waals surface area contributed by atoms with E-state index in [0.717, 1.165) is 58.4 Å². The summed E-state index contributed by atoms with van der Waals surface area (Å²) in [4.78, 5) is 7.25. The van der Waals surface area contributed by atoms with Crippen LogP contribution in [0.5, 0.6) is 0 Å². The van der Waals surface area contributed by atoms with E-state index in [1.807, 2.05) is 0 Å². The third kappa shape index (κ3) is 6.67. The molecule has 140 valence electrons. The summed E-state index contributed by atoms with van der Waals surface area (Å²) in [5.74, 6) is 0.900. The minimum Gasteiger partial charge on any atom is -0.379 e. The molecule has 2 N–H and O–H groups in total. The molecule has 1 aromatic carbocycles. The topological polar surface area (TPSA) is 48.9 Å². The largest absolute Gasteiger partial charge is 0.379 e. The summed E-state index contributed by atoms with van der Waals surface area (Å²) in [5.41, 5.74) is 2.64. The van der Waals surface area contributed by atoms with Gasteiger partial charge in [-0.3, -0.25) is 9.89 Å². The van der Waals surface area contributed by atoms with E-state index in [9.17, 15) is 0 Å². The highest BCUT2D eigenvalue weighted by atomic mass is 16.5. The van der Waals surface area contributed by atoms with Gasteiger partial charge in [0.25, 0.3) is 0 Å². The number of nitrogens with one attached hydrogen (secondary N) is 2. The Kier molecular flexibility index (Phi) is 7.72. The Morgan fingerprint density at radius 1 is 1.24 bits per heavy atom. The van der Waals surface area contributed by atoms with Crippen LogP contribution in [0.1, 0.15) is 31.9 Å². The van der Waals surface area contributed by atoms with Crippen LogP contribution in [0.3, 0.4) is 0 Å². The van der Waals surface area contributed by atoms with Crippen molar-refractivity contribution in [1.82, 2.24) is 15.5 Å². The molecule has 0 aliphatic carbocycles. The molecule has 5 nitrogen and oxygen atoms in total. The van der Waals surface area contributed by atoms with Crippen LogP contribution in [0, 0.1) is 6.92 Å². The third-order valence-electron chi connectivity index (χ3n) is 4.60. The number of nitrogens with zero attached hydrogens (tertiary/aromatic N) is 2. The van der Waals surface area contributed by atoms with Crippen LogP contribution >= 0.6 is 0 Å². The zero-order chi connectivity index (χ0) is 18.1. The van der Waals surface area contributed by atoms with Gasteiger partial charge in [0.15, 0.2) is 5.96 Å². The second-order valence-corrected chi connectivity index (χ2v) is 7.33. The normalized spacial score (nSPS) is 16.7. The monoisotopic (exact) mass is 346 g/mol. The number of guanidine groups is 1. The summed E-state index contributed by atoms with van der Waals surface area (Å²) < 4.78 is 5.39. The van der Waals surface area contributed by atoms with E-state index in [-0.39, 0.29) is 5.41 Å². The zero-order valence-corrected chi connectivity index (χ0v) is 16.3. The van der Waals surface area contributed by atoms with E-state index in [1.54, 1.807) is 0 Å². The number of aliphatic imine (C=N–C) groups is 1. The predicted octanol–water partition coefficient (Wildman–Crippen LogP) is 2.16. The second-order valence-electron chi connectivity index (χ2n) is 7.33. The van der Waals surface area contributed by atoms with Gasteiger partial charge in [0.2, 0.25) is 0 Å². The standard InChI is InChI=1S/C20H34N4O/c1-5-21-19(22-9-10-24-11-13-25-14-12-24)23-16-20(3,4)18-8-6-7-17(2)15-18/h6-8,15H,5,9-14,16H2,1-4H3,(H2,21,22,23). The molecule has 0 spiro atoms. The van der Waals surface area contributed by atoms with Crippen molar-refractivity contribution >= 4 is 5.96 Å². The van der Waals surface area contributed by atoms with E-state index in [2.05, 4.69) is 67.5 Å². The molecule has 1 heterocycles. The molecule has 0 atom stereocenters. The number of rotatable bonds is 7. The first-order valence-corrected chi connectivity index (χ1v) is 9.41. The summed E-state index contributed by atoms with van der Waals surface area (Å²) in [6.07, 6.45) is 0. The molecular weight excluding hydrogens is 312 g/mol. The van der Waals surface area contributed by atoms with Crippen molar-refractivity contribution in [1.29, 1.82) is 0 Å². The SMILES string of the molecule is CCNC(=NCC(C)(C)c1cccc(C)c1)NCCN1CCOCC1. The van der Waals surface area contributed by atoms with Crippen molar-refractivity contribution in [2.75, 3.05) is 52.5 Å². The second kappa shape index (κ2) is 9.78. The van der Waals surface area contributed by atoms with Crippen molar-refractivity contribution in [2.45, 2.75) is 33.1 Å². The molecule has 0 amide bonds. The maximum absolute atomic E-state index is 5.39. The highest BCUT2D eigenvalue weighted by molar-refractivity contribution is 5.79. The highest BCUT2D eigenvalue weighted by Crippen LogP contribution is 2.24. The number of hydrogen-bond donors (Lipinski definition) is 2. The number of aryl methyl sites for hydroxylation is 1. The van der Waals surface area contributed by atoms with Gasteiger partial charge in [-0.05, 0) is 19.4 Å². The van der Waals surface area contributed by atoms with Crippen LogP contribution in [-0.4, -0.2) is 63.3 Å². The molecule has 1 aromatic rings. The van der Waals surface area contributed by atoms with E-state index in [0.29, 0.717) is 0 Å². The third-order valence-corrected chi connectivity index (χ3v) is 4.60. The molecule has 0 radical (unpaired) electrons. The van der Waals surface area contributed by atoms with Crippen LogP contribution < -0.4 is 10.6 Å². The molecule has 0 aromatic heterocycles. The number of hydrogen-bond acceptors (Lipinski definition) is 3. The molecule has 2 rings (SSSR count). The van der Waals surface area contributed by atoms with Crippen LogP contribution in [0.15, 0.2) is 29.3 Å². The van der Waals surface area contributed by atoms with Crippen LogP contribution in [0.2, 0.25) is 0 Å². The highest BCUT2D eigenvalue weighted by Gasteiger charge is 2.20. The fraction of sp³-hybridized carbons (Fsp3) is 0.650. The van der Waals surface area contributed by atoms with Gasteiger partial charge in [-0.1, -0.05) is 43.7 Å². The molecule has 1 saturated heterocycles. The molecular formula is C20H34N4O. The first-order valence-electron chi connectivity index (χ1n) is 9.41. The molecule has 0 saturated carbocycles. The van der Waals surface area contributed by atoms with E-state index in [4.69, 9.17) is 9.73 Å². The van der Waals surface area contributed by atoms with Crippen molar-refractivity contribution < 1.29 is 4.74 Å². The molecule has 25 heavy (non-hydrogen) atoms. The van der Waals surface area contributed by atoms with Gasteiger partial charge in [-0.25, -0.2) is 0 Å². The van der Waals surface area contributed by atoms with Crippen LogP contribution in [0.25, 0.3) is 0 Å². The molecule has 5 heteroatoms. The average molecular weight is 347 g/mol. The molecule has 0 bridgehead atoms. The minimum absolute atomic E-state index is 0.0125. The van der Waals surface area contributed by atoms with Gasteiger partial charge in [-0.15, -0.1) is 0 Å². The van der Waals surface area contributed by atoms with Gasteiger partial charge in [0, 0.05) is 38.1 Å². The summed E-state index contributed by atoms with van der Waals surface area (Å²) in [6, 6.07) is 8.72. The van der Waals surface area contributed by atoms with Crippen molar-refractivity contribution in [3.05, 3.63) is 35.4 Å². The summed E-state index contributed by atoms with van der Waals surface area (Å²) in [7, 11) is 0. The molecule has 0 unspecified atom stereocenters. The molecule has 1 fully saturated rings. The Morgan fingerprint density at radius 3 is 2.68 bits per heavy atom. The lowest BCUT2D eigenvalue weighted by Crippen LogP contribution is -2.44. The van der Waals surface area contributed by atoms with Crippen molar-refractivity contribution in [2.24, 2.45) is 4.99 Å². The van der Waals surface area contributed by atoms with Gasteiger partial charge in [-0.2, -0.15) is 0 Å². The minimum atomic E-state index is 0.0125. The molecule has 1 aliphatic rings. The lowest BCUT2D eigenvalue weighted by Gasteiger charge is -2.27. The first-order chi connectivity index (χ1) is 12.0. The lowest BCUT2D eigenvalue weighted by molar-refractivity contribution is 0.0389. The van der Waals surface area contributed by atoms with E-state index < -0.39 is 0 Å². The Labute approximate surface area is 152 Å². The molecule has 1 aliphatic heterocycles. The van der Waals surface area contributed by atoms with Gasteiger partial charge >= 0.3 is 0 Å². The van der Waals surface area contributed by atoms with Crippen LogP contribution in [-0.2, 0) is 10.2 Å². The van der Waals surface area contributed by atoms with Crippen molar-refractivity contribution in [3.63, 3.8) is 0 Å². The maximum Gasteiger partial charge on any atom is 0.191 e. The Bertz CT molecular complexity index is 550. The van der Waals surface area contributed by atoms with E-state index in [1.165, 1.54) is 11.1 Å². The summed E-state index contributed by atoms with van der Waals surface area (Å²) in [5, 5.41) is 6.81.